The number of hydrogen-bond acceptors (Lipinski definition) is 1. The molecule has 0 fully saturated rings. The molecule has 0 saturated heterocycles. The van der Waals surface area contributed by atoms with Crippen molar-refractivity contribution < 1.29 is 4.42 Å². The quantitative estimate of drug-likeness (QED) is 0.234. The Kier molecular flexibility index (Phi) is 6.14. The Bertz CT molecular complexity index is 1610. The van der Waals surface area contributed by atoms with Crippen molar-refractivity contribution in [1.29, 1.82) is 0 Å². The molecular formula is C37H42O. The number of benzene rings is 4. The van der Waals surface area contributed by atoms with Crippen molar-refractivity contribution in [1.82, 2.24) is 0 Å². The van der Waals surface area contributed by atoms with Gasteiger partial charge in [-0.25, -0.2) is 0 Å². The number of aryl methyl sites for hydroxylation is 1. The molecule has 0 bridgehead atoms. The van der Waals surface area contributed by atoms with Crippen molar-refractivity contribution >= 4 is 21.9 Å². The Morgan fingerprint density at radius 3 is 1.63 bits per heavy atom. The molecule has 0 spiro atoms. The summed E-state index contributed by atoms with van der Waals surface area (Å²) in [7, 11) is 0. The molecule has 38 heavy (non-hydrogen) atoms. The molecule has 1 heterocycles. The largest absolute Gasteiger partial charge is 0.456 e. The summed E-state index contributed by atoms with van der Waals surface area (Å²) in [5, 5.41) is 2.45. The summed E-state index contributed by atoms with van der Waals surface area (Å²) in [5.41, 5.74) is 12.3. The zero-order chi connectivity index (χ0) is 27.6. The second kappa shape index (κ2) is 8.87. The van der Waals surface area contributed by atoms with Crippen LogP contribution in [-0.2, 0) is 16.2 Å². The fourth-order valence-corrected chi connectivity index (χ4v) is 5.55. The number of furan rings is 1. The van der Waals surface area contributed by atoms with Crippen molar-refractivity contribution in [2.75, 3.05) is 0 Å². The highest BCUT2D eigenvalue weighted by Gasteiger charge is 2.27. The van der Waals surface area contributed by atoms with Crippen molar-refractivity contribution in [3.63, 3.8) is 0 Å². The van der Waals surface area contributed by atoms with Gasteiger partial charge in [0, 0.05) is 10.8 Å². The Hall–Kier alpha value is -3.32. The van der Waals surface area contributed by atoms with Gasteiger partial charge in [-0.15, -0.1) is 0 Å². The summed E-state index contributed by atoms with van der Waals surface area (Å²) in [6.07, 6.45) is 0. The molecule has 5 rings (SSSR count). The fraction of sp³-hybridized carbons (Fsp3) is 0.351. The second-order valence-electron chi connectivity index (χ2n) is 14.1. The number of hydrogen-bond donors (Lipinski definition) is 0. The third-order valence-electron chi connectivity index (χ3n) is 7.75. The van der Waals surface area contributed by atoms with Gasteiger partial charge in [0.15, 0.2) is 0 Å². The first-order valence-corrected chi connectivity index (χ1v) is 13.9. The maximum Gasteiger partial charge on any atom is 0.136 e. The normalized spacial score (nSPS) is 13.0. The fourth-order valence-electron chi connectivity index (χ4n) is 5.55. The standard InChI is InChI=1S/C37H42O/c1-23-14-16-24(17-15-23)29-18-19-31-33(34(29)37(8,9)10)32-28(12-11-13-30(32)38-31)25-20-26(35(2,3)4)22-27(21-25)36(5,6)7/h11-22H,1-10H3. The summed E-state index contributed by atoms with van der Waals surface area (Å²) in [5.74, 6) is 0. The van der Waals surface area contributed by atoms with Crippen LogP contribution >= 0.6 is 0 Å². The molecule has 0 amide bonds. The van der Waals surface area contributed by atoms with Crippen LogP contribution in [0.5, 0.6) is 0 Å². The molecule has 196 valence electrons. The molecular weight excluding hydrogens is 460 g/mol. The monoisotopic (exact) mass is 502 g/mol. The highest BCUT2D eigenvalue weighted by Crippen LogP contribution is 2.46. The first-order chi connectivity index (χ1) is 17.6. The zero-order valence-electron chi connectivity index (χ0n) is 24.8. The van der Waals surface area contributed by atoms with Crippen LogP contribution in [0.3, 0.4) is 0 Å². The molecule has 5 aromatic rings. The first kappa shape index (κ1) is 26.3. The van der Waals surface area contributed by atoms with E-state index in [1.807, 2.05) is 0 Å². The van der Waals surface area contributed by atoms with Crippen molar-refractivity contribution in [3.8, 4) is 22.3 Å². The van der Waals surface area contributed by atoms with Gasteiger partial charge in [0.1, 0.15) is 11.2 Å². The average molecular weight is 503 g/mol. The maximum atomic E-state index is 6.56. The summed E-state index contributed by atoms with van der Waals surface area (Å²) in [6, 6.07) is 27.0. The molecule has 0 unspecified atom stereocenters. The van der Waals surface area contributed by atoms with E-state index >= 15 is 0 Å². The molecule has 1 heteroatoms. The summed E-state index contributed by atoms with van der Waals surface area (Å²) >= 11 is 0. The SMILES string of the molecule is Cc1ccc(-c2ccc3oc4cccc(-c5cc(C(C)(C)C)cc(C(C)(C)C)c5)c4c3c2C(C)(C)C)cc1. The van der Waals surface area contributed by atoms with Gasteiger partial charge in [-0.3, -0.25) is 0 Å². The molecule has 0 aliphatic rings. The smallest absolute Gasteiger partial charge is 0.136 e. The van der Waals surface area contributed by atoms with Crippen LogP contribution < -0.4 is 0 Å². The van der Waals surface area contributed by atoms with E-state index < -0.39 is 0 Å². The lowest BCUT2D eigenvalue weighted by atomic mass is 9.77. The molecule has 0 radical (unpaired) electrons. The highest BCUT2D eigenvalue weighted by atomic mass is 16.3. The molecule has 0 saturated carbocycles. The van der Waals surface area contributed by atoms with Gasteiger partial charge in [-0.1, -0.05) is 129 Å². The van der Waals surface area contributed by atoms with E-state index in [1.54, 1.807) is 0 Å². The Morgan fingerprint density at radius 2 is 1.08 bits per heavy atom. The van der Waals surface area contributed by atoms with Gasteiger partial charge in [-0.2, -0.15) is 0 Å². The predicted molar refractivity (Wildman–Crippen MR) is 165 cm³/mol. The van der Waals surface area contributed by atoms with Crippen molar-refractivity contribution in [2.24, 2.45) is 0 Å². The lowest BCUT2D eigenvalue weighted by Gasteiger charge is -2.27. The topological polar surface area (TPSA) is 13.1 Å². The molecule has 4 aromatic carbocycles. The molecule has 1 aromatic heterocycles. The van der Waals surface area contributed by atoms with Crippen molar-refractivity contribution in [2.45, 2.75) is 85.5 Å². The third-order valence-corrected chi connectivity index (χ3v) is 7.75. The van der Waals surface area contributed by atoms with Crippen molar-refractivity contribution in [3.05, 3.63) is 95.1 Å². The maximum absolute atomic E-state index is 6.56. The summed E-state index contributed by atoms with van der Waals surface area (Å²) in [4.78, 5) is 0. The van der Waals surface area contributed by atoms with Crippen LogP contribution in [0, 0.1) is 6.92 Å². The summed E-state index contributed by atoms with van der Waals surface area (Å²) in [6.45, 7) is 22.9. The zero-order valence-corrected chi connectivity index (χ0v) is 24.8. The van der Waals surface area contributed by atoms with E-state index in [-0.39, 0.29) is 16.2 Å². The van der Waals surface area contributed by atoms with E-state index in [4.69, 9.17) is 4.42 Å². The molecule has 0 aliphatic heterocycles. The van der Waals surface area contributed by atoms with Crippen LogP contribution in [0.4, 0.5) is 0 Å². The minimum absolute atomic E-state index is 0.0531. The predicted octanol–water partition coefficient (Wildman–Crippen LogP) is 11.1. The van der Waals surface area contributed by atoms with E-state index in [2.05, 4.69) is 142 Å². The van der Waals surface area contributed by atoms with E-state index in [0.29, 0.717) is 0 Å². The minimum atomic E-state index is -0.0759. The molecule has 0 atom stereocenters. The van der Waals surface area contributed by atoms with Gasteiger partial charge in [0.25, 0.3) is 0 Å². The van der Waals surface area contributed by atoms with Crippen LogP contribution in [0.1, 0.15) is 84.6 Å². The molecule has 0 N–H and O–H groups in total. The van der Waals surface area contributed by atoms with Gasteiger partial charge in [0.05, 0.1) is 0 Å². The Balaban J connectivity index is 1.91. The molecule has 0 aliphatic carbocycles. The van der Waals surface area contributed by atoms with Gasteiger partial charge >= 0.3 is 0 Å². The highest BCUT2D eigenvalue weighted by molar-refractivity contribution is 6.15. The van der Waals surface area contributed by atoms with E-state index in [9.17, 15) is 0 Å². The van der Waals surface area contributed by atoms with Gasteiger partial charge < -0.3 is 4.42 Å². The van der Waals surface area contributed by atoms with Gasteiger partial charge in [0.2, 0.25) is 0 Å². The minimum Gasteiger partial charge on any atom is -0.456 e. The molecule has 1 nitrogen and oxygen atoms in total. The number of rotatable bonds is 2. The third kappa shape index (κ3) is 4.68. The van der Waals surface area contributed by atoms with Crippen LogP contribution in [0.2, 0.25) is 0 Å². The first-order valence-electron chi connectivity index (χ1n) is 13.9. The summed E-state index contributed by atoms with van der Waals surface area (Å²) < 4.78 is 6.56. The number of fused-ring (bicyclic) bond motifs is 3. The van der Waals surface area contributed by atoms with E-state index in [0.717, 1.165) is 11.2 Å². The second-order valence-corrected chi connectivity index (χ2v) is 14.1. The van der Waals surface area contributed by atoms with Gasteiger partial charge in [-0.05, 0) is 74.2 Å². The van der Waals surface area contributed by atoms with E-state index in [1.165, 1.54) is 55.3 Å². The van der Waals surface area contributed by atoms with Crippen LogP contribution in [-0.4, -0.2) is 0 Å². The lowest BCUT2D eigenvalue weighted by molar-refractivity contribution is 0.569. The van der Waals surface area contributed by atoms with Crippen LogP contribution in [0.25, 0.3) is 44.2 Å². The lowest BCUT2D eigenvalue weighted by Crippen LogP contribution is -2.16. The Morgan fingerprint density at radius 1 is 0.500 bits per heavy atom. The Labute approximate surface area is 228 Å². The van der Waals surface area contributed by atoms with Crippen LogP contribution in [0.15, 0.2) is 77.2 Å². The average Bonchev–Trinajstić information content (AvgIpc) is 3.20.